The number of hydrogen-bond donors (Lipinski definition) is 2. The summed E-state index contributed by atoms with van der Waals surface area (Å²) in [5, 5.41) is 6.16. The van der Waals surface area contributed by atoms with Crippen molar-refractivity contribution in [2.45, 2.75) is 50.6 Å². The molecule has 2 rings (SSSR count). The standard InChI is InChI=1S/C12H22N2O3S/c1-12(4-2-3-5-12)14-11(15)8-10-9-18(16,17)7-6-13-10/h10,13H,2-9H2,1H3,(H,14,15). The van der Waals surface area contributed by atoms with E-state index in [-0.39, 0.29) is 35.4 Å². The highest BCUT2D eigenvalue weighted by Gasteiger charge is 2.32. The van der Waals surface area contributed by atoms with E-state index in [0.29, 0.717) is 6.54 Å². The molecule has 0 aromatic rings. The number of carbonyl (C=O) groups is 1. The Hall–Kier alpha value is -0.620. The molecule has 5 nitrogen and oxygen atoms in total. The normalized spacial score (nSPS) is 29.9. The molecule has 1 unspecified atom stereocenters. The highest BCUT2D eigenvalue weighted by Crippen LogP contribution is 2.28. The number of rotatable bonds is 3. The van der Waals surface area contributed by atoms with Crippen molar-refractivity contribution in [2.75, 3.05) is 18.1 Å². The monoisotopic (exact) mass is 274 g/mol. The fourth-order valence-electron chi connectivity index (χ4n) is 2.89. The molecule has 1 atom stereocenters. The van der Waals surface area contributed by atoms with Crippen LogP contribution in [-0.2, 0) is 14.6 Å². The van der Waals surface area contributed by atoms with Crippen LogP contribution < -0.4 is 10.6 Å². The second-order valence-corrected chi connectivity index (χ2v) is 8.01. The molecular weight excluding hydrogens is 252 g/mol. The third-order valence-electron chi connectivity index (χ3n) is 3.88. The molecule has 1 aliphatic heterocycles. The Kier molecular flexibility index (Phi) is 3.96. The first-order chi connectivity index (χ1) is 8.39. The van der Waals surface area contributed by atoms with Crippen LogP contribution in [0, 0.1) is 0 Å². The molecule has 1 aliphatic carbocycles. The Morgan fingerprint density at radius 2 is 2.06 bits per heavy atom. The first-order valence-corrected chi connectivity index (χ1v) is 8.46. The van der Waals surface area contributed by atoms with Crippen molar-refractivity contribution in [1.82, 2.24) is 10.6 Å². The van der Waals surface area contributed by atoms with Gasteiger partial charge < -0.3 is 10.6 Å². The minimum Gasteiger partial charge on any atom is -0.351 e. The Morgan fingerprint density at radius 3 is 2.67 bits per heavy atom. The summed E-state index contributed by atoms with van der Waals surface area (Å²) in [6, 6.07) is -0.228. The van der Waals surface area contributed by atoms with Gasteiger partial charge in [0.05, 0.1) is 11.5 Å². The second-order valence-electron chi connectivity index (χ2n) is 5.79. The van der Waals surface area contributed by atoms with E-state index < -0.39 is 9.84 Å². The molecule has 0 aromatic carbocycles. The third-order valence-corrected chi connectivity index (χ3v) is 5.62. The van der Waals surface area contributed by atoms with Gasteiger partial charge in [-0.15, -0.1) is 0 Å². The zero-order chi connectivity index (χ0) is 13.2. The second kappa shape index (κ2) is 5.17. The number of nitrogens with one attached hydrogen (secondary N) is 2. The third kappa shape index (κ3) is 3.68. The van der Waals surface area contributed by atoms with Crippen molar-refractivity contribution in [3.05, 3.63) is 0 Å². The van der Waals surface area contributed by atoms with Crippen LogP contribution in [0.25, 0.3) is 0 Å². The molecule has 104 valence electrons. The predicted octanol–water partition coefficient (Wildman–Crippen LogP) is 0.212. The molecule has 1 amide bonds. The molecule has 0 spiro atoms. The van der Waals surface area contributed by atoms with Crippen molar-refractivity contribution in [1.29, 1.82) is 0 Å². The Bertz CT molecular complexity index is 413. The summed E-state index contributed by atoms with van der Waals surface area (Å²) >= 11 is 0. The number of hydrogen-bond acceptors (Lipinski definition) is 4. The fraction of sp³-hybridized carbons (Fsp3) is 0.917. The average Bonchev–Trinajstić information content (AvgIpc) is 2.62. The van der Waals surface area contributed by atoms with Gasteiger partial charge >= 0.3 is 0 Å². The Balaban J connectivity index is 1.84. The van der Waals surface area contributed by atoms with Gasteiger partial charge in [-0.3, -0.25) is 4.79 Å². The van der Waals surface area contributed by atoms with Gasteiger partial charge in [0.2, 0.25) is 5.91 Å². The van der Waals surface area contributed by atoms with Crippen molar-refractivity contribution >= 4 is 15.7 Å². The van der Waals surface area contributed by atoms with E-state index in [2.05, 4.69) is 17.6 Å². The summed E-state index contributed by atoms with van der Waals surface area (Å²) in [7, 11) is -2.96. The molecule has 1 saturated carbocycles. The lowest BCUT2D eigenvalue weighted by molar-refractivity contribution is -0.123. The smallest absolute Gasteiger partial charge is 0.222 e. The van der Waals surface area contributed by atoms with Crippen LogP contribution in [0.2, 0.25) is 0 Å². The summed E-state index contributed by atoms with van der Waals surface area (Å²) in [4.78, 5) is 11.9. The summed E-state index contributed by atoms with van der Waals surface area (Å²) < 4.78 is 23.0. The molecule has 1 heterocycles. The molecule has 0 radical (unpaired) electrons. The molecule has 2 fully saturated rings. The lowest BCUT2D eigenvalue weighted by Crippen LogP contribution is -2.50. The van der Waals surface area contributed by atoms with Gasteiger partial charge in [-0.05, 0) is 19.8 Å². The van der Waals surface area contributed by atoms with Gasteiger partial charge in [0.15, 0.2) is 9.84 Å². The Morgan fingerprint density at radius 1 is 1.39 bits per heavy atom. The largest absolute Gasteiger partial charge is 0.351 e. The van der Waals surface area contributed by atoms with Crippen LogP contribution in [0.3, 0.4) is 0 Å². The zero-order valence-corrected chi connectivity index (χ0v) is 11.7. The Labute approximate surface area is 109 Å². The van der Waals surface area contributed by atoms with Gasteiger partial charge in [-0.1, -0.05) is 12.8 Å². The molecule has 0 bridgehead atoms. The van der Waals surface area contributed by atoms with Gasteiger partial charge in [0.1, 0.15) is 0 Å². The van der Waals surface area contributed by atoms with Crippen molar-refractivity contribution in [3.8, 4) is 0 Å². The molecule has 6 heteroatoms. The van der Waals surface area contributed by atoms with E-state index in [1.165, 1.54) is 0 Å². The molecule has 2 aliphatic rings. The first kappa shape index (κ1) is 13.8. The van der Waals surface area contributed by atoms with Crippen molar-refractivity contribution < 1.29 is 13.2 Å². The van der Waals surface area contributed by atoms with Gasteiger partial charge in [-0.2, -0.15) is 0 Å². The maximum absolute atomic E-state index is 11.9. The highest BCUT2D eigenvalue weighted by atomic mass is 32.2. The first-order valence-electron chi connectivity index (χ1n) is 6.63. The van der Waals surface area contributed by atoms with Crippen molar-refractivity contribution in [2.24, 2.45) is 0 Å². The lowest BCUT2D eigenvalue weighted by atomic mass is 10.0. The lowest BCUT2D eigenvalue weighted by Gasteiger charge is -2.28. The van der Waals surface area contributed by atoms with Crippen LogP contribution in [0.5, 0.6) is 0 Å². The van der Waals surface area contributed by atoms with E-state index in [9.17, 15) is 13.2 Å². The molecule has 18 heavy (non-hydrogen) atoms. The number of amides is 1. The maximum Gasteiger partial charge on any atom is 0.222 e. The van der Waals surface area contributed by atoms with E-state index >= 15 is 0 Å². The highest BCUT2D eigenvalue weighted by molar-refractivity contribution is 7.91. The SMILES string of the molecule is CC1(NC(=O)CC2CS(=O)(=O)CCN2)CCCC1. The van der Waals surface area contributed by atoms with Crippen LogP contribution in [0.1, 0.15) is 39.0 Å². The molecule has 1 saturated heterocycles. The molecular formula is C12H22N2O3S. The average molecular weight is 274 g/mol. The summed E-state index contributed by atoms with van der Waals surface area (Å²) in [6.45, 7) is 2.53. The van der Waals surface area contributed by atoms with E-state index in [1.54, 1.807) is 0 Å². The summed E-state index contributed by atoms with van der Waals surface area (Å²) in [6.07, 6.45) is 4.62. The minimum atomic E-state index is -2.96. The predicted molar refractivity (Wildman–Crippen MR) is 70.1 cm³/mol. The van der Waals surface area contributed by atoms with Crippen molar-refractivity contribution in [3.63, 3.8) is 0 Å². The zero-order valence-electron chi connectivity index (χ0n) is 10.9. The van der Waals surface area contributed by atoms with Crippen LogP contribution in [0.15, 0.2) is 0 Å². The number of carbonyl (C=O) groups excluding carboxylic acids is 1. The van der Waals surface area contributed by atoms with Crippen LogP contribution in [0.4, 0.5) is 0 Å². The quantitative estimate of drug-likeness (QED) is 0.771. The number of sulfone groups is 1. The fourth-order valence-corrected chi connectivity index (χ4v) is 4.33. The van der Waals surface area contributed by atoms with E-state index in [0.717, 1.165) is 25.7 Å². The summed E-state index contributed by atoms with van der Waals surface area (Å²) in [5.74, 6) is 0.231. The van der Waals surface area contributed by atoms with Crippen LogP contribution in [-0.4, -0.2) is 44.0 Å². The molecule has 2 N–H and O–H groups in total. The topological polar surface area (TPSA) is 75.3 Å². The minimum absolute atomic E-state index is 0.0333. The van der Waals surface area contributed by atoms with Gasteiger partial charge in [0, 0.05) is 24.5 Å². The maximum atomic E-state index is 11.9. The molecule has 0 aromatic heterocycles. The van der Waals surface area contributed by atoms with Gasteiger partial charge in [-0.25, -0.2) is 8.42 Å². The summed E-state index contributed by atoms with van der Waals surface area (Å²) in [5.41, 5.74) is -0.0787. The van der Waals surface area contributed by atoms with Gasteiger partial charge in [0.25, 0.3) is 0 Å². The van der Waals surface area contributed by atoms with Crippen LogP contribution >= 0.6 is 0 Å². The van der Waals surface area contributed by atoms with E-state index in [4.69, 9.17) is 0 Å². The van der Waals surface area contributed by atoms with E-state index in [1.807, 2.05) is 0 Å².